The highest BCUT2D eigenvalue weighted by Crippen LogP contribution is 2.27. The molecule has 0 aliphatic carbocycles. The molecule has 0 spiro atoms. The van der Waals surface area contributed by atoms with Crippen LogP contribution in [-0.4, -0.2) is 56.6 Å². The van der Waals surface area contributed by atoms with Crippen LogP contribution in [0.2, 0.25) is 5.02 Å². The summed E-state index contributed by atoms with van der Waals surface area (Å²) in [5, 5.41) is 5.69. The van der Waals surface area contributed by atoms with E-state index in [1.807, 2.05) is 0 Å². The average molecular weight is 431 g/mol. The second kappa shape index (κ2) is 11.0. The Hall–Kier alpha value is -3.39. The molecule has 30 heavy (non-hydrogen) atoms. The molecule has 2 aromatic rings. The third kappa shape index (κ3) is 6.31. The van der Waals surface area contributed by atoms with E-state index in [2.05, 4.69) is 22.3 Å². The normalized spacial score (nSPS) is 10.1. The number of hydrogen-bond acceptors (Lipinski definition) is 5. The van der Waals surface area contributed by atoms with E-state index in [0.29, 0.717) is 27.7 Å². The number of rotatable bonds is 9. The summed E-state index contributed by atoms with van der Waals surface area (Å²) in [6, 6.07) is 11.6. The van der Waals surface area contributed by atoms with Crippen molar-refractivity contribution in [3.8, 4) is 5.75 Å². The SMILES string of the molecule is C=Nc1ccccc1C(=O)N(C)CC(=O)NCCC(=O)Nc1ccc(OC)c(Cl)c1. The van der Waals surface area contributed by atoms with Crippen molar-refractivity contribution in [1.82, 2.24) is 10.2 Å². The molecule has 2 rings (SSSR count). The number of nitrogens with zero attached hydrogens (tertiary/aromatic N) is 2. The summed E-state index contributed by atoms with van der Waals surface area (Å²) in [6.45, 7) is 3.42. The van der Waals surface area contributed by atoms with Gasteiger partial charge in [0.15, 0.2) is 0 Å². The summed E-state index contributed by atoms with van der Waals surface area (Å²) < 4.78 is 5.06. The summed E-state index contributed by atoms with van der Waals surface area (Å²) in [4.78, 5) is 41.7. The number of halogens is 1. The first-order valence-corrected chi connectivity index (χ1v) is 9.44. The molecule has 0 bridgehead atoms. The molecule has 0 aliphatic rings. The van der Waals surface area contributed by atoms with Crippen molar-refractivity contribution >= 4 is 47.4 Å². The third-order valence-electron chi connectivity index (χ3n) is 4.14. The number of hydrogen-bond donors (Lipinski definition) is 2. The molecule has 0 atom stereocenters. The maximum Gasteiger partial charge on any atom is 0.256 e. The fourth-order valence-corrected chi connectivity index (χ4v) is 2.88. The monoisotopic (exact) mass is 430 g/mol. The summed E-state index contributed by atoms with van der Waals surface area (Å²) >= 11 is 6.02. The number of nitrogens with one attached hydrogen (secondary N) is 2. The second-order valence-electron chi connectivity index (χ2n) is 6.33. The van der Waals surface area contributed by atoms with Crippen molar-refractivity contribution in [3.63, 3.8) is 0 Å². The predicted molar refractivity (Wildman–Crippen MR) is 117 cm³/mol. The molecule has 8 nitrogen and oxygen atoms in total. The molecule has 158 valence electrons. The standard InChI is InChI=1S/C21H23ClN4O4/c1-23-17-7-5-4-6-15(17)21(29)26(2)13-20(28)24-11-10-19(27)25-14-8-9-18(30-3)16(22)12-14/h4-9,12H,1,10-11,13H2,2-3H3,(H,24,28)(H,25,27). The molecule has 0 fully saturated rings. The molecule has 2 aromatic carbocycles. The van der Waals surface area contributed by atoms with E-state index >= 15 is 0 Å². The van der Waals surface area contributed by atoms with Crippen LogP contribution in [0.1, 0.15) is 16.8 Å². The van der Waals surface area contributed by atoms with Crippen molar-refractivity contribution in [3.05, 3.63) is 53.1 Å². The quantitative estimate of drug-likeness (QED) is 0.597. The molecule has 0 radical (unpaired) electrons. The van der Waals surface area contributed by atoms with Crippen molar-refractivity contribution < 1.29 is 19.1 Å². The van der Waals surface area contributed by atoms with E-state index in [0.717, 1.165) is 0 Å². The Labute approximate surface area is 179 Å². The molecule has 0 heterocycles. The number of amides is 3. The number of carbonyl (C=O) groups is 3. The van der Waals surface area contributed by atoms with Gasteiger partial charge in [-0.1, -0.05) is 23.7 Å². The third-order valence-corrected chi connectivity index (χ3v) is 4.44. The minimum atomic E-state index is -0.379. The Balaban J connectivity index is 1.78. The number of ether oxygens (including phenoxy) is 1. The van der Waals surface area contributed by atoms with Crippen LogP contribution < -0.4 is 15.4 Å². The maximum absolute atomic E-state index is 12.5. The summed E-state index contributed by atoms with van der Waals surface area (Å²) in [7, 11) is 3.02. The van der Waals surface area contributed by atoms with Crippen LogP contribution in [0.3, 0.4) is 0 Å². The fraction of sp³-hybridized carbons (Fsp3) is 0.238. The lowest BCUT2D eigenvalue weighted by Crippen LogP contribution is -2.39. The Kier molecular flexibility index (Phi) is 8.37. The second-order valence-corrected chi connectivity index (χ2v) is 6.74. The molecule has 0 unspecified atom stereocenters. The Morgan fingerprint density at radius 2 is 1.90 bits per heavy atom. The largest absolute Gasteiger partial charge is 0.495 e. The number of benzene rings is 2. The van der Waals surface area contributed by atoms with Crippen LogP contribution >= 0.6 is 11.6 Å². The van der Waals surface area contributed by atoms with Crippen molar-refractivity contribution in [2.45, 2.75) is 6.42 Å². The van der Waals surface area contributed by atoms with Crippen molar-refractivity contribution in [2.75, 3.05) is 32.6 Å². The lowest BCUT2D eigenvalue weighted by molar-refractivity contribution is -0.121. The van der Waals surface area contributed by atoms with E-state index in [-0.39, 0.29) is 37.2 Å². The minimum Gasteiger partial charge on any atom is -0.495 e. The lowest BCUT2D eigenvalue weighted by atomic mass is 10.1. The van der Waals surface area contributed by atoms with E-state index in [1.54, 1.807) is 42.5 Å². The first-order chi connectivity index (χ1) is 14.3. The van der Waals surface area contributed by atoms with Crippen LogP contribution in [0.5, 0.6) is 5.75 Å². The van der Waals surface area contributed by atoms with E-state index in [1.165, 1.54) is 19.1 Å². The maximum atomic E-state index is 12.5. The summed E-state index contributed by atoms with van der Waals surface area (Å²) in [5.74, 6) is -0.503. The highest BCUT2D eigenvalue weighted by atomic mass is 35.5. The molecule has 0 saturated carbocycles. The molecule has 3 amide bonds. The van der Waals surface area contributed by atoms with Gasteiger partial charge in [0.1, 0.15) is 5.75 Å². The number of likely N-dealkylation sites (N-methyl/N-ethyl adjacent to an activating group) is 1. The highest BCUT2D eigenvalue weighted by molar-refractivity contribution is 6.32. The molecular weight excluding hydrogens is 408 g/mol. The van der Waals surface area contributed by atoms with Crippen LogP contribution in [0.25, 0.3) is 0 Å². The van der Waals surface area contributed by atoms with Gasteiger partial charge in [-0.15, -0.1) is 0 Å². The number of anilines is 1. The first kappa shape index (κ1) is 22.9. The van der Waals surface area contributed by atoms with Gasteiger partial charge in [-0.3, -0.25) is 19.4 Å². The fourth-order valence-electron chi connectivity index (χ4n) is 2.62. The van der Waals surface area contributed by atoms with Crippen LogP contribution in [0, 0.1) is 0 Å². The zero-order valence-corrected chi connectivity index (χ0v) is 17.5. The Bertz CT molecular complexity index is 948. The van der Waals surface area contributed by atoms with Gasteiger partial charge >= 0.3 is 0 Å². The van der Waals surface area contributed by atoms with Gasteiger partial charge in [0, 0.05) is 25.7 Å². The van der Waals surface area contributed by atoms with Crippen LogP contribution in [-0.2, 0) is 9.59 Å². The number of aliphatic imine (C=N–C) groups is 1. The zero-order chi connectivity index (χ0) is 22.1. The zero-order valence-electron chi connectivity index (χ0n) is 16.8. The van der Waals surface area contributed by atoms with Crippen LogP contribution in [0.15, 0.2) is 47.5 Å². The molecule has 9 heteroatoms. The van der Waals surface area contributed by atoms with Gasteiger partial charge in [-0.25, -0.2) is 0 Å². The van der Waals surface area contributed by atoms with Crippen molar-refractivity contribution in [1.29, 1.82) is 0 Å². The smallest absolute Gasteiger partial charge is 0.256 e. The Morgan fingerprint density at radius 1 is 1.17 bits per heavy atom. The molecule has 0 aromatic heterocycles. The minimum absolute atomic E-state index is 0.0657. The van der Waals surface area contributed by atoms with Gasteiger partial charge in [0.2, 0.25) is 11.8 Å². The molecule has 0 aliphatic heterocycles. The summed E-state index contributed by atoms with van der Waals surface area (Å²) in [5.41, 5.74) is 1.34. The molecular formula is C21H23ClN4O4. The van der Waals surface area contributed by atoms with Gasteiger partial charge in [0.25, 0.3) is 5.91 Å². The molecule has 2 N–H and O–H groups in total. The number of methoxy groups -OCH3 is 1. The highest BCUT2D eigenvalue weighted by Gasteiger charge is 2.17. The van der Waals surface area contributed by atoms with E-state index in [9.17, 15) is 14.4 Å². The average Bonchev–Trinajstić information content (AvgIpc) is 2.73. The van der Waals surface area contributed by atoms with Crippen molar-refractivity contribution in [2.24, 2.45) is 4.99 Å². The summed E-state index contributed by atoms with van der Waals surface area (Å²) in [6.07, 6.45) is 0.0657. The number of carbonyl (C=O) groups excluding carboxylic acids is 3. The van der Waals surface area contributed by atoms with Crippen LogP contribution in [0.4, 0.5) is 11.4 Å². The molecule has 0 saturated heterocycles. The topological polar surface area (TPSA) is 100 Å². The number of para-hydroxylation sites is 1. The first-order valence-electron chi connectivity index (χ1n) is 9.07. The lowest BCUT2D eigenvalue weighted by Gasteiger charge is -2.17. The van der Waals surface area contributed by atoms with Gasteiger partial charge in [0.05, 0.1) is 29.9 Å². The van der Waals surface area contributed by atoms with Gasteiger partial charge in [-0.2, -0.15) is 0 Å². The predicted octanol–water partition coefficient (Wildman–Crippen LogP) is 2.90. The van der Waals surface area contributed by atoms with Gasteiger partial charge < -0.3 is 20.3 Å². The van der Waals surface area contributed by atoms with Gasteiger partial charge in [-0.05, 0) is 37.0 Å². The van der Waals surface area contributed by atoms with E-state index in [4.69, 9.17) is 16.3 Å². The van der Waals surface area contributed by atoms with E-state index < -0.39 is 0 Å². The Morgan fingerprint density at radius 3 is 2.57 bits per heavy atom.